The van der Waals surface area contributed by atoms with Crippen LogP contribution in [0.5, 0.6) is 0 Å². The molecule has 79 heavy (non-hydrogen) atoms. The highest BCUT2D eigenvalue weighted by Crippen LogP contribution is 2.58. The van der Waals surface area contributed by atoms with Crippen LogP contribution in [0.4, 0.5) is 28.4 Å². The Labute approximate surface area is 470 Å². The Morgan fingerprint density at radius 1 is 0.367 bits per heavy atom. The summed E-state index contributed by atoms with van der Waals surface area (Å²) in [7, 11) is 0. The predicted molar refractivity (Wildman–Crippen MR) is 336 cm³/mol. The molecule has 0 amide bonds. The van der Waals surface area contributed by atoms with Crippen LogP contribution in [-0.4, -0.2) is 6.85 Å². The van der Waals surface area contributed by atoms with E-state index in [0.717, 1.165) is 77.3 Å². The van der Waals surface area contributed by atoms with Crippen LogP contribution >= 0.6 is 0 Å². The molecule has 4 aliphatic carbocycles. The molecule has 402 valence electrons. The summed E-state index contributed by atoms with van der Waals surface area (Å²) >= 11 is 0. The molecule has 0 fully saturated rings. The summed E-state index contributed by atoms with van der Waals surface area (Å²) in [6.07, 6.45) is 9.23. The van der Waals surface area contributed by atoms with Gasteiger partial charge in [-0.05, 0) is 222 Å². The van der Waals surface area contributed by atoms with Gasteiger partial charge in [0.2, 0.25) is 0 Å². The smallest absolute Gasteiger partial charge is 0.333 e. The Hall–Kier alpha value is -6.20. The summed E-state index contributed by atoms with van der Waals surface area (Å²) in [4.78, 5) is 5.45. The molecule has 4 heterocycles. The van der Waals surface area contributed by atoms with E-state index in [-0.39, 0.29) is 50.2 Å². The third kappa shape index (κ3) is 6.74. The van der Waals surface area contributed by atoms with Crippen molar-refractivity contribution >= 4 is 90.1 Å². The molecular formula is C74H81BN2O2. The van der Waals surface area contributed by atoms with E-state index in [0.29, 0.717) is 0 Å². The lowest BCUT2D eigenvalue weighted by molar-refractivity contribution is 0.332. The summed E-state index contributed by atoms with van der Waals surface area (Å²) < 4.78 is 15.1. The molecule has 7 aromatic carbocycles. The van der Waals surface area contributed by atoms with Crippen LogP contribution in [0.25, 0.3) is 55.0 Å². The maximum Gasteiger partial charge on any atom is 0.333 e. The summed E-state index contributed by atoms with van der Waals surface area (Å²) in [5.41, 5.74) is 26.8. The second-order valence-electron chi connectivity index (χ2n) is 31.1. The van der Waals surface area contributed by atoms with E-state index in [9.17, 15) is 0 Å². The summed E-state index contributed by atoms with van der Waals surface area (Å²) in [5, 5.41) is 4.66. The Kier molecular flexibility index (Phi) is 9.72. The quantitative estimate of drug-likeness (QED) is 0.162. The van der Waals surface area contributed by atoms with Crippen molar-refractivity contribution in [1.29, 1.82) is 0 Å². The lowest BCUT2D eigenvalue weighted by Gasteiger charge is -2.49. The third-order valence-electron chi connectivity index (χ3n) is 22.3. The molecule has 5 heteroatoms. The van der Waals surface area contributed by atoms with Gasteiger partial charge in [0.15, 0.2) is 5.58 Å². The highest BCUT2D eigenvalue weighted by atomic mass is 16.3. The molecule has 0 spiro atoms. The first-order valence-electron chi connectivity index (χ1n) is 30.2. The minimum atomic E-state index is -0.200. The SMILES string of the molecule is CC1(C)CCC(C)(C)c2cc(N3B4c5cc6c(cc5N(c5ccc7c(c5)C(C)(C)CCC7(C)C)c5c4c(cc4c5oc5ccccc54)-c4c3ccc3c4oc4cc5c(cc43)C(C)(C)CCC5(C)C)C(C)(C)CCC6(C)C)ccc21. The predicted octanol–water partition coefficient (Wildman–Crippen LogP) is 19.6. The van der Waals surface area contributed by atoms with Crippen molar-refractivity contribution < 1.29 is 8.83 Å². The zero-order chi connectivity index (χ0) is 55.3. The van der Waals surface area contributed by atoms with E-state index in [1.807, 2.05) is 0 Å². The fraction of sp³-hybridized carbons (Fsp3) is 0.432. The number of para-hydroxylation sites is 1. The number of nitrogens with zero attached hydrogens (tertiary/aromatic N) is 2. The van der Waals surface area contributed by atoms with Crippen LogP contribution in [-0.2, 0) is 43.3 Å². The summed E-state index contributed by atoms with van der Waals surface area (Å²) in [5.74, 6) is 0. The zero-order valence-corrected chi connectivity index (χ0v) is 50.3. The molecule has 2 aromatic heterocycles. The first-order chi connectivity index (χ1) is 37.1. The summed E-state index contributed by atoms with van der Waals surface area (Å²) in [6.45, 7) is 39.2. The number of fused-ring (bicyclic) bond motifs is 16. The van der Waals surface area contributed by atoms with E-state index in [2.05, 4.69) is 224 Å². The van der Waals surface area contributed by atoms with Crippen molar-refractivity contribution in [3.63, 3.8) is 0 Å². The van der Waals surface area contributed by atoms with Gasteiger partial charge in [-0.3, -0.25) is 0 Å². The Morgan fingerprint density at radius 3 is 1.44 bits per heavy atom. The van der Waals surface area contributed by atoms with Crippen molar-refractivity contribution in [1.82, 2.24) is 0 Å². The van der Waals surface area contributed by atoms with Crippen LogP contribution < -0.4 is 20.6 Å². The topological polar surface area (TPSA) is 32.8 Å². The number of hydrogen-bond donors (Lipinski definition) is 0. The molecule has 2 aliphatic heterocycles. The van der Waals surface area contributed by atoms with E-state index < -0.39 is 0 Å². The number of hydrogen-bond acceptors (Lipinski definition) is 4. The van der Waals surface area contributed by atoms with Gasteiger partial charge in [-0.15, -0.1) is 0 Å². The molecule has 6 aliphatic rings. The molecule has 4 nitrogen and oxygen atoms in total. The average Bonchev–Trinajstić information content (AvgIpc) is 3.73. The van der Waals surface area contributed by atoms with Crippen molar-refractivity contribution in [2.24, 2.45) is 0 Å². The molecule has 15 rings (SSSR count). The molecule has 0 radical (unpaired) electrons. The molecule has 9 aromatic rings. The number of anilines is 5. The maximum absolute atomic E-state index is 7.62. The van der Waals surface area contributed by atoms with Gasteiger partial charge in [-0.25, -0.2) is 0 Å². The molecule has 0 saturated carbocycles. The van der Waals surface area contributed by atoms with Crippen molar-refractivity contribution in [3.8, 4) is 11.1 Å². The van der Waals surface area contributed by atoms with Gasteiger partial charge in [0, 0.05) is 49.9 Å². The molecule has 0 saturated heterocycles. The standard InChI is InChI=1S/C74H81BN2O2/c1-67(2)27-29-69(5,6)51-35-42(21-24-49(51)67)76-59-40-55-54(72(11,12)32-33-73(55,13)14)39-57(59)75-63-48(37-47-44-19-17-18-20-60(44)78-66(47)64(63)76)62-58(77(75)43-22-25-50-52(36-43)70(7,8)30-28-68(50,3)4)26-23-45-46-38-53-56(41-61(46)79-65(45)62)74(15,16)34-31-71(53,9)10/h17-26,35-41H,27-34H2,1-16H3. The first-order valence-corrected chi connectivity index (χ1v) is 30.2. The van der Waals surface area contributed by atoms with Crippen LogP contribution in [0.15, 0.2) is 112 Å². The van der Waals surface area contributed by atoms with E-state index in [1.165, 1.54) is 113 Å². The van der Waals surface area contributed by atoms with Crippen LogP contribution in [0.2, 0.25) is 0 Å². The Balaban J connectivity index is 1.13. The van der Waals surface area contributed by atoms with Gasteiger partial charge >= 0.3 is 6.85 Å². The van der Waals surface area contributed by atoms with Gasteiger partial charge in [0.25, 0.3) is 0 Å². The number of rotatable bonds is 2. The van der Waals surface area contributed by atoms with Gasteiger partial charge < -0.3 is 18.5 Å². The lowest BCUT2D eigenvalue weighted by Crippen LogP contribution is -2.62. The second-order valence-corrected chi connectivity index (χ2v) is 31.1. The van der Waals surface area contributed by atoms with Gasteiger partial charge in [-0.2, -0.15) is 0 Å². The van der Waals surface area contributed by atoms with E-state index in [4.69, 9.17) is 8.83 Å². The van der Waals surface area contributed by atoms with Crippen LogP contribution in [0, 0.1) is 0 Å². The van der Waals surface area contributed by atoms with Crippen molar-refractivity contribution in [3.05, 3.63) is 148 Å². The molecule has 0 bridgehead atoms. The van der Waals surface area contributed by atoms with Gasteiger partial charge in [-0.1, -0.05) is 147 Å². The highest BCUT2D eigenvalue weighted by Gasteiger charge is 2.51. The zero-order valence-electron chi connectivity index (χ0n) is 50.3. The monoisotopic (exact) mass is 1040 g/mol. The van der Waals surface area contributed by atoms with Crippen molar-refractivity contribution in [2.75, 3.05) is 9.71 Å². The summed E-state index contributed by atoms with van der Waals surface area (Å²) in [6, 6.07) is 41.6. The Morgan fingerprint density at radius 2 is 0.848 bits per heavy atom. The molecule has 0 unspecified atom stereocenters. The third-order valence-corrected chi connectivity index (χ3v) is 22.3. The molecular weight excluding hydrogens is 960 g/mol. The van der Waals surface area contributed by atoms with Gasteiger partial charge in [0.1, 0.15) is 16.7 Å². The number of benzene rings is 7. The highest BCUT2D eigenvalue weighted by molar-refractivity contribution is 6.94. The second kappa shape index (κ2) is 15.4. The van der Waals surface area contributed by atoms with Gasteiger partial charge in [0.05, 0.1) is 5.69 Å². The minimum Gasteiger partial charge on any atom is -0.455 e. The van der Waals surface area contributed by atoms with E-state index in [1.54, 1.807) is 0 Å². The first kappa shape index (κ1) is 49.8. The molecule has 0 N–H and O–H groups in total. The fourth-order valence-electron chi connectivity index (χ4n) is 16.6. The van der Waals surface area contributed by atoms with Crippen LogP contribution in [0.1, 0.15) is 207 Å². The van der Waals surface area contributed by atoms with Crippen molar-refractivity contribution in [2.45, 2.75) is 205 Å². The fourth-order valence-corrected chi connectivity index (χ4v) is 16.6. The molecule has 0 atom stereocenters. The normalized spacial score (nSPS) is 21.7. The lowest BCUT2D eigenvalue weighted by atomic mass is 9.42. The Bertz CT molecular complexity index is 4180. The van der Waals surface area contributed by atoms with E-state index >= 15 is 0 Å². The minimum absolute atomic E-state index is 0.00968. The largest absolute Gasteiger partial charge is 0.455 e. The average molecular weight is 1040 g/mol. The maximum atomic E-state index is 7.62. The number of furan rings is 2. The van der Waals surface area contributed by atoms with Crippen LogP contribution in [0.3, 0.4) is 0 Å².